The van der Waals surface area contributed by atoms with Gasteiger partial charge in [-0.2, -0.15) is 0 Å². The second-order valence-electron chi connectivity index (χ2n) is 9.12. The molecule has 2 aliphatic heterocycles. The van der Waals surface area contributed by atoms with Gasteiger partial charge in [0.05, 0.1) is 24.1 Å². The Labute approximate surface area is 210 Å². The zero-order valence-electron chi connectivity index (χ0n) is 20.0. The number of rotatable bonds is 8. The third kappa shape index (κ3) is 5.60. The number of likely N-dealkylation sites (tertiary alicyclic amines) is 1. The van der Waals surface area contributed by atoms with Gasteiger partial charge in [-0.25, -0.2) is 4.98 Å². The van der Waals surface area contributed by atoms with E-state index in [0.29, 0.717) is 22.6 Å². The molecule has 3 aromatic rings. The highest BCUT2D eigenvalue weighted by molar-refractivity contribution is 8.00. The molecule has 0 spiro atoms. The van der Waals surface area contributed by atoms with Crippen molar-refractivity contribution in [2.75, 3.05) is 45.9 Å². The molecule has 1 aromatic heterocycles. The zero-order valence-corrected chi connectivity index (χ0v) is 20.8. The summed E-state index contributed by atoms with van der Waals surface area (Å²) in [7, 11) is 0. The first-order valence-corrected chi connectivity index (χ1v) is 13.4. The predicted octanol–water partition coefficient (Wildman–Crippen LogP) is 3.57. The van der Waals surface area contributed by atoms with Crippen molar-refractivity contribution in [2.45, 2.75) is 36.2 Å². The van der Waals surface area contributed by atoms with Crippen LogP contribution in [0.4, 0.5) is 0 Å². The molecule has 0 bridgehead atoms. The van der Waals surface area contributed by atoms with E-state index in [0.717, 1.165) is 70.8 Å². The normalized spacial score (nSPS) is 17.7. The summed E-state index contributed by atoms with van der Waals surface area (Å²) in [6, 6.07) is 17.4. The number of aromatic nitrogens is 2. The Bertz CT molecular complexity index is 1200. The topological polar surface area (TPSA) is 67.7 Å². The number of amides is 1. The molecule has 1 amide bonds. The van der Waals surface area contributed by atoms with Gasteiger partial charge in [-0.05, 0) is 37.0 Å². The number of benzene rings is 2. The average Bonchev–Trinajstić information content (AvgIpc) is 3.45. The molecule has 1 atom stereocenters. The van der Waals surface area contributed by atoms with E-state index < -0.39 is 5.25 Å². The Balaban J connectivity index is 1.47. The first-order chi connectivity index (χ1) is 17.2. The fourth-order valence-electron chi connectivity index (χ4n) is 4.81. The van der Waals surface area contributed by atoms with E-state index in [1.165, 1.54) is 11.8 Å². The van der Waals surface area contributed by atoms with Crippen LogP contribution in [0.25, 0.3) is 10.9 Å². The van der Waals surface area contributed by atoms with Crippen molar-refractivity contribution in [1.82, 2.24) is 19.4 Å². The predicted molar refractivity (Wildman–Crippen MR) is 139 cm³/mol. The number of nitrogens with zero attached hydrogens (tertiary/aromatic N) is 4. The molecule has 8 heteroatoms. The van der Waals surface area contributed by atoms with Crippen molar-refractivity contribution in [2.24, 2.45) is 0 Å². The largest absolute Gasteiger partial charge is 0.379 e. The van der Waals surface area contributed by atoms with Crippen LogP contribution >= 0.6 is 11.8 Å². The van der Waals surface area contributed by atoms with E-state index in [1.54, 1.807) is 4.57 Å². The van der Waals surface area contributed by atoms with Gasteiger partial charge in [0, 0.05) is 39.3 Å². The second kappa shape index (κ2) is 11.4. The van der Waals surface area contributed by atoms with Crippen LogP contribution < -0.4 is 5.56 Å². The lowest BCUT2D eigenvalue weighted by molar-refractivity contribution is -0.129. The van der Waals surface area contributed by atoms with Gasteiger partial charge < -0.3 is 9.64 Å². The van der Waals surface area contributed by atoms with Crippen molar-refractivity contribution < 1.29 is 9.53 Å². The van der Waals surface area contributed by atoms with E-state index >= 15 is 0 Å². The molecule has 0 aliphatic carbocycles. The number of ether oxygens (including phenoxy) is 1. The SMILES string of the molecule is O=C([C@@H](Sc1nc2ccccc2c(=O)n1CCCN1CCOCC1)c1ccccc1)N1CCCC1. The molecule has 2 fully saturated rings. The maximum atomic E-state index is 13.6. The summed E-state index contributed by atoms with van der Waals surface area (Å²) in [6.07, 6.45) is 2.92. The minimum Gasteiger partial charge on any atom is -0.379 e. The molecule has 2 aromatic carbocycles. The lowest BCUT2D eigenvalue weighted by atomic mass is 10.1. The molecule has 7 nitrogen and oxygen atoms in total. The number of carbonyl (C=O) groups excluding carboxylic acids is 1. The highest BCUT2D eigenvalue weighted by Crippen LogP contribution is 2.37. The van der Waals surface area contributed by atoms with Gasteiger partial charge in [0.15, 0.2) is 5.16 Å². The van der Waals surface area contributed by atoms with Crippen LogP contribution in [0, 0.1) is 0 Å². The van der Waals surface area contributed by atoms with Crippen molar-refractivity contribution in [3.63, 3.8) is 0 Å². The molecule has 0 saturated carbocycles. The molecule has 3 heterocycles. The van der Waals surface area contributed by atoms with Gasteiger partial charge >= 0.3 is 0 Å². The summed E-state index contributed by atoms with van der Waals surface area (Å²) in [5, 5.41) is 0.787. The molecule has 0 radical (unpaired) electrons. The first kappa shape index (κ1) is 24.0. The fraction of sp³-hybridized carbons (Fsp3) is 0.444. The summed E-state index contributed by atoms with van der Waals surface area (Å²) in [5.41, 5.74) is 1.57. The minimum absolute atomic E-state index is 0.0412. The van der Waals surface area contributed by atoms with Gasteiger partial charge in [-0.1, -0.05) is 54.2 Å². The van der Waals surface area contributed by atoms with E-state index in [2.05, 4.69) is 4.90 Å². The Morgan fingerprint density at radius 3 is 2.43 bits per heavy atom. The minimum atomic E-state index is -0.437. The number of hydrogen-bond acceptors (Lipinski definition) is 6. The average molecular weight is 493 g/mol. The highest BCUT2D eigenvalue weighted by atomic mass is 32.2. The summed E-state index contributed by atoms with van der Waals surface area (Å²) >= 11 is 1.41. The van der Waals surface area contributed by atoms with Crippen molar-refractivity contribution in [1.29, 1.82) is 0 Å². The Hall–Kier alpha value is -2.68. The smallest absolute Gasteiger partial charge is 0.262 e. The van der Waals surface area contributed by atoms with Crippen molar-refractivity contribution in [3.05, 3.63) is 70.5 Å². The molecule has 5 rings (SSSR count). The third-order valence-corrected chi connectivity index (χ3v) is 7.99. The third-order valence-electron chi connectivity index (χ3n) is 6.75. The Morgan fingerprint density at radius 2 is 1.66 bits per heavy atom. The first-order valence-electron chi connectivity index (χ1n) is 12.5. The highest BCUT2D eigenvalue weighted by Gasteiger charge is 2.30. The lowest BCUT2D eigenvalue weighted by Gasteiger charge is -2.27. The zero-order chi connectivity index (χ0) is 24.0. The van der Waals surface area contributed by atoms with Gasteiger partial charge in [0.25, 0.3) is 5.56 Å². The summed E-state index contributed by atoms with van der Waals surface area (Å²) < 4.78 is 7.23. The van der Waals surface area contributed by atoms with Gasteiger partial charge in [-0.15, -0.1) is 0 Å². The summed E-state index contributed by atoms with van der Waals surface area (Å²) in [4.78, 5) is 36.4. The molecule has 35 heavy (non-hydrogen) atoms. The van der Waals surface area contributed by atoms with Crippen molar-refractivity contribution >= 4 is 28.6 Å². The van der Waals surface area contributed by atoms with Crippen LogP contribution in [-0.2, 0) is 16.1 Å². The van der Waals surface area contributed by atoms with Crippen LogP contribution in [0.2, 0.25) is 0 Å². The number of morpholine rings is 1. The van der Waals surface area contributed by atoms with E-state index in [4.69, 9.17) is 9.72 Å². The maximum absolute atomic E-state index is 13.6. The molecular formula is C27H32N4O3S. The van der Waals surface area contributed by atoms with Crippen LogP contribution in [0.1, 0.15) is 30.1 Å². The fourth-order valence-corrected chi connectivity index (χ4v) is 6.02. The van der Waals surface area contributed by atoms with Gasteiger partial charge in [0.1, 0.15) is 5.25 Å². The molecule has 2 saturated heterocycles. The van der Waals surface area contributed by atoms with Crippen LogP contribution in [0.5, 0.6) is 0 Å². The summed E-state index contributed by atoms with van der Waals surface area (Å²) in [6.45, 7) is 6.42. The van der Waals surface area contributed by atoms with E-state index in [1.807, 2.05) is 59.5 Å². The molecule has 0 N–H and O–H groups in total. The van der Waals surface area contributed by atoms with Crippen LogP contribution in [0.15, 0.2) is 64.5 Å². The lowest BCUT2D eigenvalue weighted by Crippen LogP contribution is -2.37. The molecule has 0 unspecified atom stereocenters. The molecule has 184 valence electrons. The maximum Gasteiger partial charge on any atom is 0.262 e. The quantitative estimate of drug-likeness (QED) is 0.354. The Morgan fingerprint density at radius 1 is 0.943 bits per heavy atom. The number of thioether (sulfide) groups is 1. The standard InChI is InChI=1S/C27H32N4O3S/c32-25-22-11-4-5-12-23(22)28-27(31(25)16-8-13-29-17-19-34-20-18-29)35-24(21-9-2-1-3-10-21)26(33)30-14-6-7-15-30/h1-5,9-12,24H,6-8,13-20H2/t24-/m0/s1. The van der Waals surface area contributed by atoms with Crippen LogP contribution in [0.3, 0.4) is 0 Å². The van der Waals surface area contributed by atoms with Gasteiger partial charge in [0.2, 0.25) is 5.91 Å². The summed E-state index contributed by atoms with van der Waals surface area (Å²) in [5.74, 6) is 0.0981. The molecular weight excluding hydrogens is 460 g/mol. The number of carbonyl (C=O) groups is 1. The monoisotopic (exact) mass is 492 g/mol. The second-order valence-corrected chi connectivity index (χ2v) is 10.2. The molecule has 2 aliphatic rings. The number of hydrogen-bond donors (Lipinski definition) is 0. The van der Waals surface area contributed by atoms with Gasteiger partial charge in [-0.3, -0.25) is 19.1 Å². The van der Waals surface area contributed by atoms with Crippen molar-refractivity contribution in [3.8, 4) is 0 Å². The van der Waals surface area contributed by atoms with Crippen LogP contribution in [-0.4, -0.2) is 71.2 Å². The number of para-hydroxylation sites is 1. The Kier molecular flexibility index (Phi) is 7.81. The van der Waals surface area contributed by atoms with E-state index in [9.17, 15) is 9.59 Å². The number of fused-ring (bicyclic) bond motifs is 1. The van der Waals surface area contributed by atoms with E-state index in [-0.39, 0.29) is 11.5 Å².